The van der Waals surface area contributed by atoms with Crippen molar-refractivity contribution in [2.45, 2.75) is 40.0 Å². The molecule has 2 N–H and O–H groups in total. The molecule has 0 heterocycles. The molecule has 0 aromatic heterocycles. The van der Waals surface area contributed by atoms with Crippen LogP contribution in [0.1, 0.15) is 49.0 Å². The van der Waals surface area contributed by atoms with Gasteiger partial charge < -0.3 is 10.6 Å². The van der Waals surface area contributed by atoms with Gasteiger partial charge in [-0.15, -0.1) is 0 Å². The van der Waals surface area contributed by atoms with E-state index in [9.17, 15) is 9.59 Å². The molecule has 1 rings (SSSR count). The minimum atomic E-state index is -0.496. The van der Waals surface area contributed by atoms with Crippen molar-refractivity contribution in [2.24, 2.45) is 5.73 Å². The molecule has 1 aromatic rings. The Morgan fingerprint density at radius 1 is 1.26 bits per heavy atom. The van der Waals surface area contributed by atoms with Gasteiger partial charge in [-0.1, -0.05) is 31.9 Å². The third kappa shape index (κ3) is 3.81. The van der Waals surface area contributed by atoms with Crippen LogP contribution in [0.25, 0.3) is 0 Å². The fraction of sp³-hybridized carbons (Fsp3) is 0.467. The quantitative estimate of drug-likeness (QED) is 0.856. The molecule has 0 aliphatic carbocycles. The summed E-state index contributed by atoms with van der Waals surface area (Å²) >= 11 is 0. The molecule has 0 bridgehead atoms. The Hall–Kier alpha value is -1.84. The SMILES string of the molecule is CCCCN(C(=O)CC)c1ccc(C)cc1C(N)=O. The van der Waals surface area contributed by atoms with E-state index in [0.29, 0.717) is 24.2 Å². The number of carbonyl (C=O) groups is 2. The van der Waals surface area contributed by atoms with E-state index in [2.05, 4.69) is 6.92 Å². The summed E-state index contributed by atoms with van der Waals surface area (Å²) in [4.78, 5) is 25.3. The molecule has 0 saturated heterocycles. The predicted molar refractivity (Wildman–Crippen MR) is 77.2 cm³/mol. The normalized spacial score (nSPS) is 10.3. The van der Waals surface area contributed by atoms with Crippen molar-refractivity contribution in [1.29, 1.82) is 0 Å². The summed E-state index contributed by atoms with van der Waals surface area (Å²) in [5.74, 6) is -0.482. The predicted octanol–water partition coefficient (Wildman–Crippen LogP) is 2.64. The first-order valence-electron chi connectivity index (χ1n) is 6.72. The van der Waals surface area contributed by atoms with Gasteiger partial charge in [-0.2, -0.15) is 0 Å². The fourth-order valence-corrected chi connectivity index (χ4v) is 1.97. The molecule has 2 amide bonds. The van der Waals surface area contributed by atoms with Crippen molar-refractivity contribution in [2.75, 3.05) is 11.4 Å². The lowest BCUT2D eigenvalue weighted by Crippen LogP contribution is -2.33. The standard InChI is InChI=1S/C15H22N2O2/c1-4-6-9-17(14(18)5-2)13-8-7-11(3)10-12(13)15(16)19/h7-8,10H,4-6,9H2,1-3H3,(H2,16,19). The van der Waals surface area contributed by atoms with Crippen molar-refractivity contribution in [3.05, 3.63) is 29.3 Å². The number of anilines is 1. The number of nitrogens with two attached hydrogens (primary N) is 1. The number of amides is 2. The number of aryl methyl sites for hydroxylation is 1. The summed E-state index contributed by atoms with van der Waals surface area (Å²) in [6.45, 7) is 6.40. The topological polar surface area (TPSA) is 63.4 Å². The van der Waals surface area contributed by atoms with Gasteiger partial charge in [-0.3, -0.25) is 9.59 Å². The minimum Gasteiger partial charge on any atom is -0.366 e. The summed E-state index contributed by atoms with van der Waals surface area (Å²) in [7, 11) is 0. The zero-order valence-corrected chi connectivity index (χ0v) is 11.9. The number of unbranched alkanes of at least 4 members (excludes halogenated alkanes) is 1. The van der Waals surface area contributed by atoms with Crippen molar-refractivity contribution in [1.82, 2.24) is 0 Å². The summed E-state index contributed by atoms with van der Waals surface area (Å²) in [5, 5.41) is 0. The van der Waals surface area contributed by atoms with Crippen molar-refractivity contribution in [3.8, 4) is 0 Å². The molecule has 0 aliphatic rings. The van der Waals surface area contributed by atoms with Crippen LogP contribution in [0.4, 0.5) is 5.69 Å². The van der Waals surface area contributed by atoms with E-state index < -0.39 is 5.91 Å². The molecule has 0 fully saturated rings. The highest BCUT2D eigenvalue weighted by Crippen LogP contribution is 2.23. The summed E-state index contributed by atoms with van der Waals surface area (Å²) in [6, 6.07) is 5.43. The summed E-state index contributed by atoms with van der Waals surface area (Å²) in [6.07, 6.45) is 2.30. The van der Waals surface area contributed by atoms with Gasteiger partial charge in [0.15, 0.2) is 0 Å². The van der Waals surface area contributed by atoms with Crippen LogP contribution in [0.5, 0.6) is 0 Å². The second kappa shape index (κ2) is 6.92. The van der Waals surface area contributed by atoms with Crippen LogP contribution in [-0.2, 0) is 4.79 Å². The smallest absolute Gasteiger partial charge is 0.250 e. The minimum absolute atomic E-state index is 0.0137. The molecule has 4 nitrogen and oxygen atoms in total. The molecule has 0 unspecified atom stereocenters. The number of hydrogen-bond acceptors (Lipinski definition) is 2. The zero-order chi connectivity index (χ0) is 14.4. The summed E-state index contributed by atoms with van der Waals surface area (Å²) < 4.78 is 0. The summed E-state index contributed by atoms with van der Waals surface area (Å²) in [5.41, 5.74) is 7.41. The molecule has 1 aromatic carbocycles. The Kier molecular flexibility index (Phi) is 5.55. The number of rotatable bonds is 6. The van der Waals surface area contributed by atoms with E-state index in [0.717, 1.165) is 18.4 Å². The Labute approximate surface area is 114 Å². The highest BCUT2D eigenvalue weighted by atomic mass is 16.2. The molecule has 4 heteroatoms. The number of carbonyl (C=O) groups excluding carboxylic acids is 2. The molecular formula is C15H22N2O2. The maximum atomic E-state index is 12.1. The lowest BCUT2D eigenvalue weighted by atomic mass is 10.1. The third-order valence-corrected chi connectivity index (χ3v) is 3.05. The highest BCUT2D eigenvalue weighted by molar-refractivity contribution is 6.04. The van der Waals surface area contributed by atoms with Gasteiger partial charge in [-0.25, -0.2) is 0 Å². The molecule has 0 atom stereocenters. The monoisotopic (exact) mass is 262 g/mol. The van der Waals surface area contributed by atoms with Crippen molar-refractivity contribution < 1.29 is 9.59 Å². The molecular weight excluding hydrogens is 240 g/mol. The van der Waals surface area contributed by atoms with E-state index in [4.69, 9.17) is 5.73 Å². The maximum Gasteiger partial charge on any atom is 0.250 e. The number of nitrogens with zero attached hydrogens (tertiary/aromatic N) is 1. The first-order valence-corrected chi connectivity index (χ1v) is 6.72. The van der Waals surface area contributed by atoms with Gasteiger partial charge in [0.05, 0.1) is 11.3 Å². The van der Waals surface area contributed by atoms with Crippen LogP contribution in [0, 0.1) is 6.92 Å². The van der Waals surface area contributed by atoms with E-state index in [1.165, 1.54) is 0 Å². The number of hydrogen-bond donors (Lipinski definition) is 1. The van der Waals surface area contributed by atoms with E-state index in [-0.39, 0.29) is 5.91 Å². The lowest BCUT2D eigenvalue weighted by molar-refractivity contribution is -0.118. The van der Waals surface area contributed by atoms with Gasteiger partial charge in [0.1, 0.15) is 0 Å². The van der Waals surface area contributed by atoms with Crippen LogP contribution in [0.2, 0.25) is 0 Å². The van der Waals surface area contributed by atoms with Crippen molar-refractivity contribution >= 4 is 17.5 Å². The van der Waals surface area contributed by atoms with Gasteiger partial charge in [0, 0.05) is 13.0 Å². The largest absolute Gasteiger partial charge is 0.366 e. The first-order chi connectivity index (χ1) is 9.01. The average Bonchev–Trinajstić information content (AvgIpc) is 2.39. The second-order valence-electron chi connectivity index (χ2n) is 4.64. The van der Waals surface area contributed by atoms with Crippen LogP contribution < -0.4 is 10.6 Å². The van der Waals surface area contributed by atoms with Crippen LogP contribution >= 0.6 is 0 Å². The van der Waals surface area contributed by atoms with Crippen LogP contribution in [0.15, 0.2) is 18.2 Å². The van der Waals surface area contributed by atoms with Crippen molar-refractivity contribution in [3.63, 3.8) is 0 Å². The average molecular weight is 262 g/mol. The Bertz CT molecular complexity index is 469. The Balaban J connectivity index is 3.20. The third-order valence-electron chi connectivity index (χ3n) is 3.05. The number of benzene rings is 1. The fourth-order valence-electron chi connectivity index (χ4n) is 1.97. The van der Waals surface area contributed by atoms with E-state index >= 15 is 0 Å². The van der Waals surface area contributed by atoms with E-state index in [1.807, 2.05) is 19.9 Å². The van der Waals surface area contributed by atoms with Gasteiger partial charge in [-0.05, 0) is 25.5 Å². The molecule has 19 heavy (non-hydrogen) atoms. The van der Waals surface area contributed by atoms with E-state index in [1.54, 1.807) is 17.0 Å². The first kappa shape index (κ1) is 15.2. The highest BCUT2D eigenvalue weighted by Gasteiger charge is 2.19. The van der Waals surface area contributed by atoms with Crippen LogP contribution in [0.3, 0.4) is 0 Å². The molecule has 104 valence electrons. The van der Waals surface area contributed by atoms with Gasteiger partial charge >= 0.3 is 0 Å². The second-order valence-corrected chi connectivity index (χ2v) is 4.64. The lowest BCUT2D eigenvalue weighted by Gasteiger charge is -2.24. The Morgan fingerprint density at radius 3 is 2.47 bits per heavy atom. The maximum absolute atomic E-state index is 12.1. The Morgan fingerprint density at radius 2 is 1.95 bits per heavy atom. The van der Waals surface area contributed by atoms with Crippen LogP contribution in [-0.4, -0.2) is 18.4 Å². The van der Waals surface area contributed by atoms with Gasteiger partial charge in [0.2, 0.25) is 5.91 Å². The van der Waals surface area contributed by atoms with Gasteiger partial charge in [0.25, 0.3) is 5.91 Å². The number of primary amides is 1. The molecule has 0 aliphatic heterocycles. The molecule has 0 saturated carbocycles. The zero-order valence-electron chi connectivity index (χ0n) is 11.9. The molecule has 0 spiro atoms. The molecule has 0 radical (unpaired) electrons.